The van der Waals surface area contributed by atoms with E-state index in [0.717, 1.165) is 50.9 Å². The van der Waals surface area contributed by atoms with Crippen molar-refractivity contribution in [2.24, 2.45) is 0 Å². The van der Waals surface area contributed by atoms with E-state index in [9.17, 15) is 18.3 Å². The number of carbonyl (C=O) groups is 1. The highest BCUT2D eigenvalue weighted by molar-refractivity contribution is 7.89. The minimum atomic E-state index is -3.83. The van der Waals surface area contributed by atoms with Gasteiger partial charge in [-0.05, 0) is 80.3 Å². The van der Waals surface area contributed by atoms with Crippen molar-refractivity contribution in [1.82, 2.24) is 19.5 Å². The lowest BCUT2D eigenvalue weighted by atomic mass is 10.1. The Labute approximate surface area is 247 Å². The fourth-order valence-corrected chi connectivity index (χ4v) is 7.55. The molecular weight excluding hydrogens is 556 g/mol. The quantitative estimate of drug-likeness (QED) is 0.325. The van der Waals surface area contributed by atoms with E-state index >= 15 is 0 Å². The fraction of sp³-hybridized carbons (Fsp3) is 0.484. The number of oxazole rings is 1. The van der Waals surface area contributed by atoms with Crippen LogP contribution in [0.2, 0.25) is 0 Å². The third-order valence-electron chi connectivity index (χ3n) is 7.95. The molecule has 2 fully saturated rings. The number of nitrogens with zero attached hydrogens (tertiary/aromatic N) is 3. The van der Waals surface area contributed by atoms with Crippen molar-refractivity contribution in [3.05, 3.63) is 76.5 Å². The van der Waals surface area contributed by atoms with Crippen molar-refractivity contribution in [3.8, 4) is 5.75 Å². The van der Waals surface area contributed by atoms with Crippen LogP contribution < -0.4 is 10.1 Å². The van der Waals surface area contributed by atoms with Crippen LogP contribution in [0.5, 0.6) is 5.75 Å². The number of ether oxygens (including phenoxy) is 1. The number of aliphatic hydroxyl groups is 1. The van der Waals surface area contributed by atoms with E-state index in [-0.39, 0.29) is 41.1 Å². The average molecular weight is 597 g/mol. The van der Waals surface area contributed by atoms with Gasteiger partial charge in [0.15, 0.2) is 5.69 Å². The van der Waals surface area contributed by atoms with Crippen molar-refractivity contribution < 1.29 is 27.5 Å². The van der Waals surface area contributed by atoms with Crippen molar-refractivity contribution in [2.45, 2.75) is 76.1 Å². The van der Waals surface area contributed by atoms with Gasteiger partial charge in [-0.15, -0.1) is 0 Å². The molecule has 1 aromatic heterocycles. The number of sulfonamides is 1. The van der Waals surface area contributed by atoms with Crippen LogP contribution >= 0.6 is 0 Å². The molecule has 42 heavy (non-hydrogen) atoms. The van der Waals surface area contributed by atoms with E-state index in [2.05, 4.69) is 39.5 Å². The zero-order valence-corrected chi connectivity index (χ0v) is 25.3. The highest BCUT2D eigenvalue weighted by Crippen LogP contribution is 2.36. The molecule has 5 rings (SSSR count). The first-order valence-electron chi connectivity index (χ1n) is 14.5. The summed E-state index contributed by atoms with van der Waals surface area (Å²) in [5.74, 6) is 0.423. The lowest BCUT2D eigenvalue weighted by molar-refractivity contribution is 0.0792. The first-order chi connectivity index (χ1) is 20.1. The lowest BCUT2D eigenvalue weighted by Gasteiger charge is -2.29. The third kappa shape index (κ3) is 7.20. The summed E-state index contributed by atoms with van der Waals surface area (Å²) >= 11 is 0. The summed E-state index contributed by atoms with van der Waals surface area (Å²) in [4.78, 5) is 19.7. The Bertz CT molecular complexity index is 1470. The first kappa shape index (κ1) is 30.2. The molecule has 1 saturated heterocycles. The Morgan fingerprint density at radius 3 is 2.36 bits per heavy atom. The molecule has 0 bridgehead atoms. The smallest absolute Gasteiger partial charge is 0.273 e. The van der Waals surface area contributed by atoms with Crippen LogP contribution in [0.4, 0.5) is 0 Å². The number of rotatable bonds is 12. The topological polar surface area (TPSA) is 125 Å². The van der Waals surface area contributed by atoms with E-state index < -0.39 is 10.0 Å². The highest BCUT2D eigenvalue weighted by atomic mass is 32.2. The summed E-state index contributed by atoms with van der Waals surface area (Å²) < 4.78 is 39.7. The number of piperidine rings is 1. The van der Waals surface area contributed by atoms with Gasteiger partial charge in [0.05, 0.1) is 24.7 Å². The summed E-state index contributed by atoms with van der Waals surface area (Å²) in [6.07, 6.45) is 4.96. The van der Waals surface area contributed by atoms with Gasteiger partial charge >= 0.3 is 0 Å². The SMILES string of the molecule is COc1cc(C)c(S(=O)(=O)N(Cc2nc(C(=O)NCCc3ccc(CN4CCC(O)CC4)cc3)co2)C2CC2)c(C)c1. The maximum Gasteiger partial charge on any atom is 0.273 e. The maximum atomic E-state index is 13.7. The molecule has 226 valence electrons. The number of likely N-dealkylation sites (tertiary alicyclic amines) is 1. The molecule has 1 aliphatic heterocycles. The molecule has 10 nitrogen and oxygen atoms in total. The molecule has 2 aliphatic rings. The summed E-state index contributed by atoms with van der Waals surface area (Å²) in [5.41, 5.74) is 3.69. The normalized spacial score (nSPS) is 16.6. The van der Waals surface area contributed by atoms with Crippen LogP contribution in [-0.4, -0.2) is 72.5 Å². The Hall–Kier alpha value is -3.25. The number of aromatic nitrogens is 1. The number of methoxy groups -OCH3 is 1. The van der Waals surface area contributed by atoms with Crippen LogP contribution in [0, 0.1) is 13.8 Å². The minimum absolute atomic E-state index is 0.0461. The van der Waals surface area contributed by atoms with Gasteiger partial charge in [0, 0.05) is 32.2 Å². The van der Waals surface area contributed by atoms with Gasteiger partial charge in [-0.2, -0.15) is 4.31 Å². The van der Waals surface area contributed by atoms with E-state index in [1.807, 2.05) is 0 Å². The Balaban J connectivity index is 1.15. The predicted molar refractivity (Wildman–Crippen MR) is 158 cm³/mol. The van der Waals surface area contributed by atoms with Gasteiger partial charge in [0.2, 0.25) is 15.9 Å². The second kappa shape index (κ2) is 12.9. The summed E-state index contributed by atoms with van der Waals surface area (Å²) in [6.45, 7) is 6.61. The monoisotopic (exact) mass is 596 g/mol. The maximum absolute atomic E-state index is 13.7. The van der Waals surface area contributed by atoms with Crippen LogP contribution in [-0.2, 0) is 29.5 Å². The van der Waals surface area contributed by atoms with Gasteiger partial charge < -0.3 is 19.6 Å². The number of hydrogen-bond acceptors (Lipinski definition) is 8. The fourth-order valence-electron chi connectivity index (χ4n) is 5.50. The van der Waals surface area contributed by atoms with Crippen molar-refractivity contribution in [2.75, 3.05) is 26.7 Å². The van der Waals surface area contributed by atoms with Gasteiger partial charge in [-0.25, -0.2) is 13.4 Å². The van der Waals surface area contributed by atoms with Crippen molar-refractivity contribution in [1.29, 1.82) is 0 Å². The lowest BCUT2D eigenvalue weighted by Crippen LogP contribution is -2.35. The number of carbonyl (C=O) groups excluding carboxylic acids is 1. The van der Waals surface area contributed by atoms with E-state index in [4.69, 9.17) is 9.15 Å². The molecule has 2 aromatic carbocycles. The summed E-state index contributed by atoms with van der Waals surface area (Å²) in [6, 6.07) is 11.7. The first-order valence-corrected chi connectivity index (χ1v) is 16.0. The predicted octanol–water partition coefficient (Wildman–Crippen LogP) is 3.58. The Kier molecular flexibility index (Phi) is 9.32. The minimum Gasteiger partial charge on any atom is -0.497 e. The third-order valence-corrected chi connectivity index (χ3v) is 10.2. The molecule has 0 spiro atoms. The van der Waals surface area contributed by atoms with Crippen molar-refractivity contribution >= 4 is 15.9 Å². The molecule has 11 heteroatoms. The molecule has 1 saturated carbocycles. The van der Waals surface area contributed by atoms with Gasteiger partial charge in [0.1, 0.15) is 12.0 Å². The van der Waals surface area contributed by atoms with Gasteiger partial charge in [-0.3, -0.25) is 9.69 Å². The average Bonchev–Trinajstić information content (AvgIpc) is 3.69. The van der Waals surface area contributed by atoms with E-state index in [1.165, 1.54) is 16.1 Å². The molecule has 0 radical (unpaired) electrons. The van der Waals surface area contributed by atoms with Crippen LogP contribution in [0.15, 0.2) is 52.0 Å². The van der Waals surface area contributed by atoms with Crippen LogP contribution in [0.25, 0.3) is 0 Å². The van der Waals surface area contributed by atoms with E-state index in [0.29, 0.717) is 29.8 Å². The largest absolute Gasteiger partial charge is 0.497 e. The Morgan fingerprint density at radius 2 is 1.74 bits per heavy atom. The van der Waals surface area contributed by atoms with E-state index in [1.54, 1.807) is 33.1 Å². The molecule has 1 amide bonds. The molecule has 0 atom stereocenters. The second-order valence-corrected chi connectivity index (χ2v) is 13.2. The molecule has 2 heterocycles. The van der Waals surface area contributed by atoms with Gasteiger partial charge in [-0.1, -0.05) is 24.3 Å². The summed E-state index contributed by atoms with van der Waals surface area (Å²) in [5, 5.41) is 12.6. The molecule has 0 unspecified atom stereocenters. The molecule has 3 aromatic rings. The number of amides is 1. The van der Waals surface area contributed by atoms with Crippen LogP contribution in [0.3, 0.4) is 0 Å². The highest BCUT2D eigenvalue weighted by Gasteiger charge is 2.40. The molecule has 1 aliphatic carbocycles. The zero-order chi connectivity index (χ0) is 29.9. The van der Waals surface area contributed by atoms with Crippen LogP contribution in [0.1, 0.15) is 64.3 Å². The number of hydrogen-bond donors (Lipinski definition) is 2. The second-order valence-electron chi connectivity index (χ2n) is 11.3. The molecule has 2 N–H and O–H groups in total. The standard InChI is InChI=1S/C31H40N4O6S/c1-21-16-27(40-3)17-22(2)30(21)42(38,39)35(25-8-9-25)19-29-33-28(20-41-29)31(37)32-13-10-23-4-6-24(7-5-23)18-34-14-11-26(36)12-15-34/h4-7,16-17,20,25-26,36H,8-15,18-19H2,1-3H3,(H,32,37). The molecular formula is C31H40N4O6S. The Morgan fingerprint density at radius 1 is 1.10 bits per heavy atom. The van der Waals surface area contributed by atoms with Gasteiger partial charge in [0.25, 0.3) is 5.91 Å². The number of nitrogens with one attached hydrogen (secondary N) is 1. The zero-order valence-electron chi connectivity index (χ0n) is 24.5. The number of benzene rings is 2. The number of aliphatic hydroxyl groups excluding tert-OH is 1. The van der Waals surface area contributed by atoms with Crippen molar-refractivity contribution in [3.63, 3.8) is 0 Å². The number of aryl methyl sites for hydroxylation is 2. The summed E-state index contributed by atoms with van der Waals surface area (Å²) in [7, 11) is -2.27.